The molecule has 0 amide bonds. The Kier molecular flexibility index (Phi) is 7.95. The van der Waals surface area contributed by atoms with Crippen molar-refractivity contribution in [1.82, 2.24) is 25.9 Å². The van der Waals surface area contributed by atoms with Crippen molar-refractivity contribution in [2.45, 2.75) is 59.0 Å². The van der Waals surface area contributed by atoms with Crippen LogP contribution in [0.4, 0.5) is 24.5 Å². The lowest BCUT2D eigenvalue weighted by atomic mass is 9.96. The lowest BCUT2D eigenvalue weighted by Crippen LogP contribution is -2.47. The van der Waals surface area contributed by atoms with E-state index in [1.54, 1.807) is 31.5 Å². The SMILES string of the molecule is C#Cc1cnc2c(Cl)cc(N[C@H](C3=CN(C(C(F)F)C4CC4)NN3)c3ccc(F)nc3C)cc2c1NCC(C)(C)C. The van der Waals surface area contributed by atoms with Crippen molar-refractivity contribution in [3.8, 4) is 12.3 Å². The molecule has 1 saturated carbocycles. The first-order valence-electron chi connectivity index (χ1n) is 13.5. The van der Waals surface area contributed by atoms with Gasteiger partial charge in [-0.15, -0.1) is 12.0 Å². The Labute approximate surface area is 242 Å². The number of aryl methyl sites for hydroxylation is 1. The lowest BCUT2D eigenvalue weighted by molar-refractivity contribution is 0.0144. The van der Waals surface area contributed by atoms with Crippen molar-refractivity contribution < 1.29 is 13.2 Å². The molecule has 0 bridgehead atoms. The first-order valence-corrected chi connectivity index (χ1v) is 13.8. The molecule has 1 fully saturated rings. The minimum Gasteiger partial charge on any atom is -0.383 e. The van der Waals surface area contributed by atoms with Gasteiger partial charge in [-0.2, -0.15) is 4.39 Å². The summed E-state index contributed by atoms with van der Waals surface area (Å²) in [5.74, 6) is 2.00. The van der Waals surface area contributed by atoms with Gasteiger partial charge in [0, 0.05) is 41.3 Å². The molecule has 3 heterocycles. The molecule has 3 aromatic rings. The lowest BCUT2D eigenvalue weighted by Gasteiger charge is -2.26. The smallest absolute Gasteiger partial charge is 0.260 e. The number of anilines is 2. The third-order valence-electron chi connectivity index (χ3n) is 7.19. The highest BCUT2D eigenvalue weighted by molar-refractivity contribution is 6.35. The van der Waals surface area contributed by atoms with E-state index in [0.717, 1.165) is 23.9 Å². The maximum atomic E-state index is 14.0. The number of rotatable bonds is 9. The molecule has 1 aliphatic heterocycles. The second-order valence-corrected chi connectivity index (χ2v) is 12.1. The third-order valence-corrected chi connectivity index (χ3v) is 7.48. The number of alkyl halides is 2. The van der Waals surface area contributed by atoms with Gasteiger partial charge in [-0.1, -0.05) is 44.4 Å². The van der Waals surface area contributed by atoms with Gasteiger partial charge < -0.3 is 16.1 Å². The molecule has 0 saturated heterocycles. The van der Waals surface area contributed by atoms with E-state index in [1.807, 2.05) is 6.07 Å². The number of pyridine rings is 2. The molecular weight excluding hydrogens is 551 g/mol. The molecule has 4 N–H and O–H groups in total. The Morgan fingerprint density at radius 2 is 2.00 bits per heavy atom. The van der Waals surface area contributed by atoms with Gasteiger partial charge in [-0.3, -0.25) is 9.99 Å². The average Bonchev–Trinajstić information content (AvgIpc) is 3.61. The Morgan fingerprint density at radius 1 is 1.24 bits per heavy atom. The zero-order valence-corrected chi connectivity index (χ0v) is 24.1. The van der Waals surface area contributed by atoms with Crippen LogP contribution in [0, 0.1) is 36.5 Å². The van der Waals surface area contributed by atoms with Gasteiger partial charge in [0.15, 0.2) is 0 Å². The number of nitrogens with one attached hydrogen (secondary N) is 4. The van der Waals surface area contributed by atoms with E-state index in [2.05, 4.69) is 58.3 Å². The molecule has 2 aromatic heterocycles. The van der Waals surface area contributed by atoms with Crippen LogP contribution >= 0.6 is 11.6 Å². The quantitative estimate of drug-likeness (QED) is 0.168. The maximum Gasteiger partial charge on any atom is 0.260 e. The van der Waals surface area contributed by atoms with Crippen molar-refractivity contribution in [1.29, 1.82) is 0 Å². The number of fused-ring (bicyclic) bond motifs is 1. The van der Waals surface area contributed by atoms with Gasteiger partial charge >= 0.3 is 0 Å². The maximum absolute atomic E-state index is 14.0. The van der Waals surface area contributed by atoms with Gasteiger partial charge in [-0.25, -0.2) is 13.8 Å². The zero-order chi connectivity index (χ0) is 29.5. The number of hydrogen-bond acceptors (Lipinski definition) is 7. The van der Waals surface area contributed by atoms with Crippen LogP contribution < -0.4 is 21.6 Å². The van der Waals surface area contributed by atoms with Crippen LogP contribution in [0.1, 0.15) is 56.5 Å². The van der Waals surface area contributed by atoms with Crippen LogP contribution in [0.5, 0.6) is 0 Å². The molecule has 2 aliphatic rings. The second kappa shape index (κ2) is 11.3. The van der Waals surface area contributed by atoms with Gasteiger partial charge in [0.25, 0.3) is 6.43 Å². The minimum atomic E-state index is -2.52. The largest absolute Gasteiger partial charge is 0.383 e. The van der Waals surface area contributed by atoms with E-state index < -0.39 is 24.5 Å². The van der Waals surface area contributed by atoms with Crippen molar-refractivity contribution in [3.05, 3.63) is 70.2 Å². The molecular formula is C30H33ClF3N7. The summed E-state index contributed by atoms with van der Waals surface area (Å²) in [4.78, 5) is 8.49. The molecule has 2 atom stereocenters. The van der Waals surface area contributed by atoms with Crippen LogP contribution in [0.2, 0.25) is 5.02 Å². The summed E-state index contributed by atoms with van der Waals surface area (Å²) in [6, 6.07) is 4.96. The fourth-order valence-corrected chi connectivity index (χ4v) is 5.24. The van der Waals surface area contributed by atoms with Crippen LogP contribution in [-0.4, -0.2) is 34.0 Å². The van der Waals surface area contributed by atoms with Crippen molar-refractivity contribution in [2.75, 3.05) is 17.2 Å². The molecule has 1 unspecified atom stereocenters. The first kappa shape index (κ1) is 28.8. The number of nitrogens with zero attached hydrogens (tertiary/aromatic N) is 3. The fourth-order valence-electron chi connectivity index (χ4n) is 4.98. The van der Waals surface area contributed by atoms with Crippen LogP contribution in [0.25, 0.3) is 10.9 Å². The predicted molar refractivity (Wildman–Crippen MR) is 157 cm³/mol. The van der Waals surface area contributed by atoms with Crippen LogP contribution in [0.3, 0.4) is 0 Å². The minimum absolute atomic E-state index is 0.0185. The molecule has 7 nitrogen and oxygen atoms in total. The Hall–Kier alpha value is -3.68. The highest BCUT2D eigenvalue weighted by Gasteiger charge is 2.42. The van der Waals surface area contributed by atoms with E-state index >= 15 is 0 Å². The number of halogens is 4. The topological polar surface area (TPSA) is 77.1 Å². The van der Waals surface area contributed by atoms with E-state index in [4.69, 9.17) is 18.0 Å². The molecule has 216 valence electrons. The Bertz CT molecular complexity index is 1520. The van der Waals surface area contributed by atoms with E-state index in [-0.39, 0.29) is 11.3 Å². The van der Waals surface area contributed by atoms with E-state index in [9.17, 15) is 13.2 Å². The Morgan fingerprint density at radius 3 is 2.63 bits per heavy atom. The number of hydrazine groups is 2. The molecule has 41 heavy (non-hydrogen) atoms. The van der Waals surface area contributed by atoms with Crippen molar-refractivity contribution in [3.63, 3.8) is 0 Å². The molecule has 11 heteroatoms. The predicted octanol–water partition coefficient (Wildman–Crippen LogP) is 6.53. The van der Waals surface area contributed by atoms with E-state index in [1.165, 1.54) is 11.1 Å². The van der Waals surface area contributed by atoms with E-state index in [0.29, 0.717) is 45.3 Å². The Balaban J connectivity index is 1.57. The van der Waals surface area contributed by atoms with Gasteiger partial charge in [0.05, 0.1) is 33.5 Å². The summed E-state index contributed by atoms with van der Waals surface area (Å²) in [7, 11) is 0. The number of terminal acetylenes is 1. The monoisotopic (exact) mass is 583 g/mol. The molecule has 0 radical (unpaired) electrons. The second-order valence-electron chi connectivity index (χ2n) is 11.7. The first-order chi connectivity index (χ1) is 19.4. The average molecular weight is 584 g/mol. The number of aromatic nitrogens is 2. The fraction of sp³-hybridized carbons (Fsp3) is 0.400. The zero-order valence-electron chi connectivity index (χ0n) is 23.3. The van der Waals surface area contributed by atoms with Crippen LogP contribution in [0.15, 0.2) is 42.4 Å². The normalized spacial score (nSPS) is 16.8. The summed E-state index contributed by atoms with van der Waals surface area (Å²) >= 11 is 6.72. The summed E-state index contributed by atoms with van der Waals surface area (Å²) in [5, 5.41) is 9.48. The highest BCUT2D eigenvalue weighted by Crippen LogP contribution is 2.40. The van der Waals surface area contributed by atoms with Crippen molar-refractivity contribution >= 4 is 33.9 Å². The molecule has 1 aliphatic carbocycles. The van der Waals surface area contributed by atoms with Gasteiger partial charge in [0.2, 0.25) is 5.95 Å². The van der Waals surface area contributed by atoms with Gasteiger partial charge in [-0.05, 0) is 49.3 Å². The van der Waals surface area contributed by atoms with Gasteiger partial charge in [0.1, 0.15) is 6.04 Å². The molecule has 5 rings (SSSR count). The summed E-state index contributed by atoms with van der Waals surface area (Å²) in [5.41, 5.74) is 10.1. The summed E-state index contributed by atoms with van der Waals surface area (Å²) in [6.07, 6.45) is 8.06. The third kappa shape index (κ3) is 6.31. The highest BCUT2D eigenvalue weighted by atomic mass is 35.5. The summed E-state index contributed by atoms with van der Waals surface area (Å²) < 4.78 is 41.8. The number of hydrogen-bond donors (Lipinski definition) is 4. The molecule has 0 spiro atoms. The summed E-state index contributed by atoms with van der Waals surface area (Å²) in [6.45, 7) is 8.70. The standard InChI is InChI=1S/C30H33ClF3N7/c1-6-17-13-35-26-21(25(17)36-15-30(3,4)5)11-19(12-22(26)31)38-27(20-9-10-24(32)37-16(20)2)23-14-41(40-39-23)28(29(33)34)18-7-8-18/h1,9-14,18,27-29,38-40H,7-8,15H2,2-5H3,(H,35,36)/t27-,28?/m0/s1. The number of benzene rings is 1. The molecule has 1 aromatic carbocycles. The van der Waals surface area contributed by atoms with Crippen molar-refractivity contribution in [2.24, 2.45) is 11.3 Å². The van der Waals surface area contributed by atoms with Crippen LogP contribution in [-0.2, 0) is 0 Å².